The monoisotopic (exact) mass is 360 g/mol. The zero-order valence-electron chi connectivity index (χ0n) is 11.6. The van der Waals surface area contributed by atoms with Gasteiger partial charge in [0.2, 0.25) is 0 Å². The number of halogens is 3. The fourth-order valence-electron chi connectivity index (χ4n) is 1.94. The maximum Gasteiger partial charge on any atom is 0.387 e. The largest absolute Gasteiger partial charge is 0.434 e. The van der Waals surface area contributed by atoms with Crippen LogP contribution < -0.4 is 10.1 Å². The highest BCUT2D eigenvalue weighted by Crippen LogP contribution is 2.25. The van der Waals surface area contributed by atoms with Crippen molar-refractivity contribution in [2.75, 3.05) is 0 Å². The highest BCUT2D eigenvalue weighted by atomic mass is 79.9. The molecule has 0 saturated carbocycles. The summed E-state index contributed by atoms with van der Waals surface area (Å²) in [6.45, 7) is -0.549. The number of alkyl halides is 2. The molecule has 0 aliphatic carbocycles. The molecule has 0 radical (unpaired) electrons. The van der Waals surface area contributed by atoms with Gasteiger partial charge in [0.05, 0.1) is 6.04 Å². The van der Waals surface area contributed by atoms with Crippen molar-refractivity contribution in [3.8, 4) is 5.75 Å². The van der Waals surface area contributed by atoms with Crippen LogP contribution in [0.1, 0.15) is 24.4 Å². The van der Waals surface area contributed by atoms with Crippen LogP contribution in [0.5, 0.6) is 5.75 Å². The van der Waals surface area contributed by atoms with E-state index in [0.717, 1.165) is 10.3 Å². The van der Waals surface area contributed by atoms with E-state index >= 15 is 0 Å². The van der Waals surface area contributed by atoms with Gasteiger partial charge >= 0.3 is 6.61 Å². The molecule has 2 rings (SSSR count). The van der Waals surface area contributed by atoms with Gasteiger partial charge in [-0.05, 0) is 25.1 Å². The Balaban J connectivity index is 2.08. The molecule has 1 aromatic carbocycles. The Labute approximate surface area is 129 Å². The van der Waals surface area contributed by atoms with E-state index < -0.39 is 6.61 Å². The van der Waals surface area contributed by atoms with Crippen LogP contribution in [0.4, 0.5) is 8.78 Å². The van der Waals surface area contributed by atoms with Crippen molar-refractivity contribution in [1.82, 2.24) is 20.1 Å². The van der Waals surface area contributed by atoms with Gasteiger partial charge in [-0.2, -0.15) is 8.78 Å². The number of aromatic nitrogens is 3. The number of benzene rings is 1. The summed E-state index contributed by atoms with van der Waals surface area (Å²) in [5.74, 6) is 0.923. The van der Waals surface area contributed by atoms with Gasteiger partial charge in [-0.1, -0.05) is 15.9 Å². The fraction of sp³-hybridized carbons (Fsp3) is 0.385. The lowest BCUT2D eigenvalue weighted by Crippen LogP contribution is -2.21. The molecular weight excluding hydrogens is 346 g/mol. The van der Waals surface area contributed by atoms with Crippen LogP contribution in [0.25, 0.3) is 0 Å². The molecule has 0 fully saturated rings. The second-order valence-electron chi connectivity index (χ2n) is 4.53. The van der Waals surface area contributed by atoms with Crippen molar-refractivity contribution in [1.29, 1.82) is 0 Å². The van der Waals surface area contributed by atoms with Crippen LogP contribution in [0.15, 0.2) is 29.0 Å². The second-order valence-corrected chi connectivity index (χ2v) is 5.45. The van der Waals surface area contributed by atoms with E-state index in [1.54, 1.807) is 23.0 Å². The summed E-state index contributed by atoms with van der Waals surface area (Å²) in [6, 6.07) is 4.85. The molecule has 0 amide bonds. The number of nitrogens with one attached hydrogen (secondary N) is 1. The first-order valence-corrected chi connectivity index (χ1v) is 7.07. The van der Waals surface area contributed by atoms with Gasteiger partial charge in [-0.15, -0.1) is 10.2 Å². The molecule has 0 saturated heterocycles. The summed E-state index contributed by atoms with van der Waals surface area (Å²) in [5.41, 5.74) is 0.638. The lowest BCUT2D eigenvalue weighted by Gasteiger charge is -2.15. The van der Waals surface area contributed by atoms with Crippen LogP contribution in [-0.4, -0.2) is 21.4 Å². The molecule has 5 nitrogen and oxygen atoms in total. The molecule has 114 valence electrons. The van der Waals surface area contributed by atoms with E-state index in [4.69, 9.17) is 0 Å². The minimum atomic E-state index is -2.85. The topological polar surface area (TPSA) is 52.0 Å². The molecule has 2 aromatic rings. The highest BCUT2D eigenvalue weighted by Gasteiger charge is 2.14. The van der Waals surface area contributed by atoms with Crippen LogP contribution >= 0.6 is 15.9 Å². The van der Waals surface area contributed by atoms with Crippen LogP contribution in [-0.2, 0) is 13.6 Å². The standard InChI is InChI=1S/C13H15BrF2N4O/c1-8(12-19-18-7-20(12)2)17-6-9-5-10(14)3-4-11(9)21-13(15)16/h3-5,7-8,13,17H,6H2,1-2H3. The minimum Gasteiger partial charge on any atom is -0.434 e. The SMILES string of the molecule is CC(NCc1cc(Br)ccc1OC(F)F)c1nncn1C. The van der Waals surface area contributed by atoms with Crippen molar-refractivity contribution in [3.05, 3.63) is 40.4 Å². The quantitative estimate of drug-likeness (QED) is 0.860. The summed E-state index contributed by atoms with van der Waals surface area (Å²) in [4.78, 5) is 0. The number of hydrogen-bond donors (Lipinski definition) is 1. The van der Waals surface area contributed by atoms with Crippen molar-refractivity contribution in [2.24, 2.45) is 7.05 Å². The number of ether oxygens (including phenoxy) is 1. The van der Waals surface area contributed by atoms with Gasteiger partial charge < -0.3 is 14.6 Å². The third-order valence-electron chi connectivity index (χ3n) is 2.97. The zero-order chi connectivity index (χ0) is 15.4. The Morgan fingerprint density at radius 1 is 1.43 bits per heavy atom. The third kappa shape index (κ3) is 4.21. The molecule has 1 heterocycles. The van der Waals surface area contributed by atoms with Crippen molar-refractivity contribution < 1.29 is 13.5 Å². The average molecular weight is 361 g/mol. The number of aryl methyl sites for hydroxylation is 1. The Bertz CT molecular complexity index is 606. The highest BCUT2D eigenvalue weighted by molar-refractivity contribution is 9.10. The first-order chi connectivity index (χ1) is 9.97. The molecule has 0 aliphatic rings. The van der Waals surface area contributed by atoms with E-state index in [9.17, 15) is 8.78 Å². The first-order valence-electron chi connectivity index (χ1n) is 6.28. The normalized spacial score (nSPS) is 12.7. The number of hydrogen-bond acceptors (Lipinski definition) is 4. The maximum atomic E-state index is 12.4. The minimum absolute atomic E-state index is 0.0733. The van der Waals surface area contributed by atoms with Gasteiger partial charge in [-0.3, -0.25) is 0 Å². The Morgan fingerprint density at radius 2 is 2.19 bits per heavy atom. The average Bonchev–Trinajstić information content (AvgIpc) is 2.84. The third-order valence-corrected chi connectivity index (χ3v) is 3.46. The molecule has 1 unspecified atom stereocenters. The fourth-order valence-corrected chi connectivity index (χ4v) is 2.34. The van der Waals surface area contributed by atoms with Gasteiger partial charge in [0.25, 0.3) is 0 Å². The zero-order valence-corrected chi connectivity index (χ0v) is 13.1. The molecule has 0 spiro atoms. The Kier molecular flexibility index (Phi) is 5.24. The second kappa shape index (κ2) is 6.95. The van der Waals surface area contributed by atoms with Gasteiger partial charge in [0.15, 0.2) is 0 Å². The predicted molar refractivity (Wildman–Crippen MR) is 77.0 cm³/mol. The van der Waals surface area contributed by atoms with E-state index in [0.29, 0.717) is 12.1 Å². The lowest BCUT2D eigenvalue weighted by molar-refractivity contribution is -0.0505. The maximum absolute atomic E-state index is 12.4. The molecule has 8 heteroatoms. The van der Waals surface area contributed by atoms with E-state index in [1.807, 2.05) is 14.0 Å². The van der Waals surface area contributed by atoms with Gasteiger partial charge in [0.1, 0.15) is 17.9 Å². The van der Waals surface area contributed by atoms with Crippen molar-refractivity contribution in [2.45, 2.75) is 26.1 Å². The molecule has 0 bridgehead atoms. The summed E-state index contributed by atoms with van der Waals surface area (Å²) >= 11 is 3.32. The van der Waals surface area contributed by atoms with E-state index in [1.165, 1.54) is 6.07 Å². The number of nitrogens with zero attached hydrogens (tertiary/aromatic N) is 3. The van der Waals surface area contributed by atoms with E-state index in [2.05, 4.69) is 36.2 Å². The van der Waals surface area contributed by atoms with Gasteiger partial charge in [0, 0.05) is 23.6 Å². The van der Waals surface area contributed by atoms with Crippen LogP contribution in [0, 0.1) is 0 Å². The summed E-state index contributed by atoms with van der Waals surface area (Å²) in [5, 5.41) is 11.0. The molecule has 21 heavy (non-hydrogen) atoms. The van der Waals surface area contributed by atoms with Crippen LogP contribution in [0.3, 0.4) is 0 Å². The Morgan fingerprint density at radius 3 is 2.81 bits per heavy atom. The van der Waals surface area contributed by atoms with Crippen LogP contribution in [0.2, 0.25) is 0 Å². The van der Waals surface area contributed by atoms with E-state index in [-0.39, 0.29) is 11.8 Å². The van der Waals surface area contributed by atoms with Gasteiger partial charge in [-0.25, -0.2) is 0 Å². The summed E-state index contributed by atoms with van der Waals surface area (Å²) in [7, 11) is 1.85. The summed E-state index contributed by atoms with van der Waals surface area (Å²) in [6.07, 6.45) is 1.61. The number of rotatable bonds is 6. The molecule has 1 atom stereocenters. The van der Waals surface area contributed by atoms with Crippen molar-refractivity contribution >= 4 is 15.9 Å². The Hall–Kier alpha value is -1.54. The molecular formula is C13H15BrF2N4O. The predicted octanol–water partition coefficient (Wildman–Crippen LogP) is 3.03. The smallest absolute Gasteiger partial charge is 0.387 e. The lowest BCUT2D eigenvalue weighted by atomic mass is 10.2. The molecule has 1 N–H and O–H groups in total. The first kappa shape index (κ1) is 15.8. The molecule has 0 aliphatic heterocycles. The molecule has 1 aromatic heterocycles. The summed E-state index contributed by atoms with van der Waals surface area (Å²) < 4.78 is 31.9. The van der Waals surface area contributed by atoms with Crippen molar-refractivity contribution in [3.63, 3.8) is 0 Å².